The summed E-state index contributed by atoms with van der Waals surface area (Å²) in [6.45, 7) is 0. The number of rotatable bonds is 4. The first-order valence-corrected chi connectivity index (χ1v) is 7.33. The quantitative estimate of drug-likeness (QED) is 0.861. The molecule has 1 fully saturated rings. The molecule has 1 aliphatic carbocycles. The Morgan fingerprint density at radius 1 is 1.53 bits per heavy atom. The molecular formula is C10H13BrN2O3S. The van der Waals surface area contributed by atoms with Crippen molar-refractivity contribution in [3.05, 3.63) is 22.7 Å². The van der Waals surface area contributed by atoms with Crippen LogP contribution < -0.4 is 15.2 Å². The van der Waals surface area contributed by atoms with Crippen molar-refractivity contribution in [3.8, 4) is 5.75 Å². The van der Waals surface area contributed by atoms with Crippen molar-refractivity contribution >= 4 is 26.0 Å². The van der Waals surface area contributed by atoms with Crippen molar-refractivity contribution in [3.63, 3.8) is 0 Å². The Morgan fingerprint density at radius 3 is 2.71 bits per heavy atom. The Labute approximate surface area is 109 Å². The summed E-state index contributed by atoms with van der Waals surface area (Å²) >= 11 is 3.24. The van der Waals surface area contributed by atoms with E-state index in [0.29, 0.717) is 16.6 Å². The fourth-order valence-corrected chi connectivity index (χ4v) is 3.48. The Balaban J connectivity index is 2.34. The van der Waals surface area contributed by atoms with E-state index in [1.807, 2.05) is 0 Å². The minimum absolute atomic E-state index is 0.0806. The predicted molar refractivity (Wildman–Crippen MR) is 67.4 cm³/mol. The van der Waals surface area contributed by atoms with Gasteiger partial charge in [0.15, 0.2) is 0 Å². The Morgan fingerprint density at radius 2 is 2.18 bits per heavy atom. The first-order valence-electron chi connectivity index (χ1n) is 5.05. The average molecular weight is 321 g/mol. The molecule has 1 aromatic carbocycles. The van der Waals surface area contributed by atoms with E-state index in [9.17, 15) is 8.42 Å². The normalized spacial score (nSPS) is 23.5. The molecule has 0 saturated heterocycles. The van der Waals surface area contributed by atoms with Gasteiger partial charge >= 0.3 is 0 Å². The lowest BCUT2D eigenvalue weighted by atomic mass is 10.3. The van der Waals surface area contributed by atoms with Gasteiger partial charge in [0.1, 0.15) is 10.6 Å². The highest BCUT2D eigenvalue weighted by molar-refractivity contribution is 9.10. The minimum Gasteiger partial charge on any atom is -0.495 e. The van der Waals surface area contributed by atoms with Gasteiger partial charge in [-0.25, -0.2) is 13.1 Å². The van der Waals surface area contributed by atoms with Gasteiger partial charge in [0.2, 0.25) is 10.0 Å². The molecule has 1 aliphatic rings. The van der Waals surface area contributed by atoms with Crippen LogP contribution in [0.15, 0.2) is 27.6 Å². The van der Waals surface area contributed by atoms with Gasteiger partial charge in [-0.15, -0.1) is 0 Å². The van der Waals surface area contributed by atoms with Gasteiger partial charge in [-0.1, -0.05) is 15.9 Å². The molecule has 7 heteroatoms. The monoisotopic (exact) mass is 320 g/mol. The predicted octanol–water partition coefficient (Wildman–Crippen LogP) is 0.836. The summed E-state index contributed by atoms with van der Waals surface area (Å²) in [5, 5.41) is 0. The molecule has 0 aromatic heterocycles. The van der Waals surface area contributed by atoms with Gasteiger partial charge in [-0.3, -0.25) is 0 Å². The molecule has 0 aliphatic heterocycles. The number of methoxy groups -OCH3 is 1. The molecule has 2 rings (SSSR count). The van der Waals surface area contributed by atoms with E-state index in [4.69, 9.17) is 10.5 Å². The zero-order chi connectivity index (χ0) is 12.6. The molecule has 0 bridgehead atoms. The zero-order valence-electron chi connectivity index (χ0n) is 9.18. The molecule has 0 amide bonds. The number of halogens is 1. The maximum atomic E-state index is 12.1. The van der Waals surface area contributed by atoms with Crippen molar-refractivity contribution in [1.82, 2.24) is 4.72 Å². The topological polar surface area (TPSA) is 81.4 Å². The molecule has 0 spiro atoms. The summed E-state index contributed by atoms with van der Waals surface area (Å²) in [7, 11) is -2.14. The zero-order valence-corrected chi connectivity index (χ0v) is 11.6. The SMILES string of the molecule is COc1ccc(Br)cc1S(=O)(=O)NC1CC1N. The third-order valence-corrected chi connectivity index (χ3v) is 4.57. The van der Waals surface area contributed by atoms with Crippen LogP contribution in [0.3, 0.4) is 0 Å². The van der Waals surface area contributed by atoms with Gasteiger partial charge in [-0.2, -0.15) is 0 Å². The van der Waals surface area contributed by atoms with E-state index in [-0.39, 0.29) is 17.0 Å². The second-order valence-corrected chi connectivity index (χ2v) is 6.52. The molecule has 5 nitrogen and oxygen atoms in total. The molecule has 0 heterocycles. The molecule has 17 heavy (non-hydrogen) atoms. The van der Waals surface area contributed by atoms with Crippen LogP contribution in [0, 0.1) is 0 Å². The van der Waals surface area contributed by atoms with Crippen molar-refractivity contribution < 1.29 is 13.2 Å². The summed E-state index contributed by atoms with van der Waals surface area (Å²) < 4.78 is 32.5. The van der Waals surface area contributed by atoms with Crippen LogP contribution in [0.1, 0.15) is 6.42 Å². The summed E-state index contributed by atoms with van der Waals surface area (Å²) in [5.74, 6) is 0.315. The molecule has 94 valence electrons. The maximum Gasteiger partial charge on any atom is 0.244 e. The lowest BCUT2D eigenvalue weighted by Gasteiger charge is -2.10. The van der Waals surface area contributed by atoms with Crippen LogP contribution in [0.4, 0.5) is 0 Å². The number of ether oxygens (including phenoxy) is 1. The first-order chi connectivity index (χ1) is 7.94. The van der Waals surface area contributed by atoms with Crippen LogP contribution in [0.25, 0.3) is 0 Å². The number of nitrogens with two attached hydrogens (primary N) is 1. The second kappa shape index (κ2) is 4.56. The molecule has 3 N–H and O–H groups in total. The van der Waals surface area contributed by atoms with Gasteiger partial charge in [0.25, 0.3) is 0 Å². The Hall–Kier alpha value is -0.630. The van der Waals surface area contributed by atoms with Gasteiger partial charge in [0, 0.05) is 16.6 Å². The molecule has 2 atom stereocenters. The molecular weight excluding hydrogens is 308 g/mol. The van der Waals surface area contributed by atoms with Crippen LogP contribution in [-0.4, -0.2) is 27.6 Å². The van der Waals surface area contributed by atoms with E-state index >= 15 is 0 Å². The second-order valence-electron chi connectivity index (χ2n) is 3.92. The standard InChI is InChI=1S/C10H13BrN2O3S/c1-16-9-3-2-6(11)4-10(9)17(14,15)13-8-5-7(8)12/h2-4,7-8,13H,5,12H2,1H3. The number of benzene rings is 1. The van der Waals surface area contributed by atoms with Crippen LogP contribution in [0.5, 0.6) is 5.75 Å². The van der Waals surface area contributed by atoms with E-state index in [1.165, 1.54) is 13.2 Å². The first kappa shape index (κ1) is 12.8. The number of nitrogens with one attached hydrogen (secondary N) is 1. The highest BCUT2D eigenvalue weighted by Gasteiger charge is 2.38. The van der Waals surface area contributed by atoms with E-state index in [1.54, 1.807) is 12.1 Å². The van der Waals surface area contributed by atoms with Crippen LogP contribution in [-0.2, 0) is 10.0 Å². The maximum absolute atomic E-state index is 12.1. The third kappa shape index (κ3) is 2.79. The Kier molecular flexibility index (Phi) is 3.44. The third-order valence-electron chi connectivity index (χ3n) is 2.56. The Bertz CT molecular complexity index is 532. The number of hydrogen-bond donors (Lipinski definition) is 2. The lowest BCUT2D eigenvalue weighted by molar-refractivity contribution is 0.402. The van der Waals surface area contributed by atoms with Gasteiger partial charge in [0.05, 0.1) is 7.11 Å². The fourth-order valence-electron chi connectivity index (χ4n) is 1.47. The largest absolute Gasteiger partial charge is 0.495 e. The summed E-state index contributed by atoms with van der Waals surface area (Å²) in [4.78, 5) is 0.119. The van der Waals surface area contributed by atoms with E-state index in [2.05, 4.69) is 20.7 Å². The molecule has 2 unspecified atom stereocenters. The van der Waals surface area contributed by atoms with Gasteiger partial charge in [-0.05, 0) is 24.6 Å². The van der Waals surface area contributed by atoms with Crippen LogP contribution >= 0.6 is 15.9 Å². The smallest absolute Gasteiger partial charge is 0.244 e. The van der Waals surface area contributed by atoms with Crippen molar-refractivity contribution in [2.75, 3.05) is 7.11 Å². The molecule has 1 aromatic rings. The molecule has 1 saturated carbocycles. The van der Waals surface area contributed by atoms with E-state index < -0.39 is 10.0 Å². The molecule has 0 radical (unpaired) electrons. The fraction of sp³-hybridized carbons (Fsp3) is 0.400. The summed E-state index contributed by atoms with van der Waals surface area (Å²) in [5.41, 5.74) is 5.58. The van der Waals surface area contributed by atoms with Crippen molar-refractivity contribution in [1.29, 1.82) is 0 Å². The lowest BCUT2D eigenvalue weighted by Crippen LogP contribution is -2.30. The number of hydrogen-bond acceptors (Lipinski definition) is 4. The van der Waals surface area contributed by atoms with Crippen LogP contribution in [0.2, 0.25) is 0 Å². The van der Waals surface area contributed by atoms with Gasteiger partial charge < -0.3 is 10.5 Å². The minimum atomic E-state index is -3.58. The summed E-state index contributed by atoms with van der Waals surface area (Å²) in [6.07, 6.45) is 0.676. The van der Waals surface area contributed by atoms with Crippen molar-refractivity contribution in [2.24, 2.45) is 5.73 Å². The highest BCUT2D eigenvalue weighted by atomic mass is 79.9. The van der Waals surface area contributed by atoms with Crippen molar-refractivity contribution in [2.45, 2.75) is 23.4 Å². The number of sulfonamides is 1. The average Bonchev–Trinajstić information content (AvgIpc) is 2.93. The van der Waals surface area contributed by atoms with E-state index in [0.717, 1.165) is 0 Å². The highest BCUT2D eigenvalue weighted by Crippen LogP contribution is 2.29. The summed E-state index contributed by atoms with van der Waals surface area (Å²) in [6, 6.07) is 4.59.